The topological polar surface area (TPSA) is 42.0 Å². The molecule has 0 unspecified atom stereocenters. The van der Waals surface area contributed by atoms with Gasteiger partial charge in [-0.1, -0.05) is 18.2 Å². The van der Waals surface area contributed by atoms with Gasteiger partial charge in [-0.15, -0.1) is 0 Å². The van der Waals surface area contributed by atoms with Crippen molar-refractivity contribution in [1.82, 2.24) is 4.98 Å². The number of aryl methyl sites for hydroxylation is 2. The number of hydrogen-bond donors (Lipinski definition) is 1. The molecule has 1 aromatic carbocycles. The lowest BCUT2D eigenvalue weighted by Crippen LogP contribution is -2.13. The van der Waals surface area contributed by atoms with Gasteiger partial charge in [0.05, 0.1) is 0 Å². The highest BCUT2D eigenvalue weighted by molar-refractivity contribution is 9.10. The Morgan fingerprint density at radius 2 is 1.89 bits per heavy atom. The van der Waals surface area contributed by atoms with E-state index in [2.05, 4.69) is 26.2 Å². The van der Waals surface area contributed by atoms with Crippen LogP contribution in [-0.4, -0.2) is 10.9 Å². The van der Waals surface area contributed by atoms with Gasteiger partial charge in [0.1, 0.15) is 4.60 Å². The second kappa shape index (κ2) is 5.31. The van der Waals surface area contributed by atoms with Crippen LogP contribution in [0.1, 0.15) is 21.5 Å². The van der Waals surface area contributed by atoms with Crippen LogP contribution >= 0.6 is 15.9 Å². The molecule has 0 aliphatic heterocycles. The predicted molar refractivity (Wildman–Crippen MR) is 75.8 cm³/mol. The molecule has 1 N–H and O–H groups in total. The van der Waals surface area contributed by atoms with E-state index in [0.29, 0.717) is 10.2 Å². The normalized spacial score (nSPS) is 10.2. The Labute approximate surface area is 114 Å². The van der Waals surface area contributed by atoms with E-state index in [1.54, 1.807) is 18.3 Å². The standard InChI is InChI=1S/C14H13BrN2O/c1-9-4-3-5-10(2)13(9)17-14(18)11-6-7-16-12(15)8-11/h3-8H,1-2H3,(H,17,18). The second-order valence-corrected chi connectivity index (χ2v) is 4.90. The third-order valence-electron chi connectivity index (χ3n) is 2.71. The highest BCUT2D eigenvalue weighted by Gasteiger charge is 2.09. The number of para-hydroxylation sites is 1. The summed E-state index contributed by atoms with van der Waals surface area (Å²) in [6.45, 7) is 3.95. The minimum atomic E-state index is -0.129. The number of pyridine rings is 1. The summed E-state index contributed by atoms with van der Waals surface area (Å²) in [4.78, 5) is 16.1. The van der Waals surface area contributed by atoms with Crippen LogP contribution in [0.5, 0.6) is 0 Å². The molecule has 0 atom stereocenters. The van der Waals surface area contributed by atoms with Crippen molar-refractivity contribution in [3.05, 3.63) is 57.8 Å². The van der Waals surface area contributed by atoms with Crippen molar-refractivity contribution in [1.29, 1.82) is 0 Å². The molecule has 92 valence electrons. The lowest BCUT2D eigenvalue weighted by atomic mass is 10.1. The molecule has 1 amide bonds. The van der Waals surface area contributed by atoms with Gasteiger partial charge in [-0.3, -0.25) is 4.79 Å². The molecule has 2 aromatic rings. The molecule has 0 fully saturated rings. The summed E-state index contributed by atoms with van der Waals surface area (Å²) < 4.78 is 0.650. The van der Waals surface area contributed by atoms with Crippen molar-refractivity contribution in [3.8, 4) is 0 Å². The molecule has 0 aliphatic rings. The second-order valence-electron chi connectivity index (χ2n) is 4.09. The lowest BCUT2D eigenvalue weighted by Gasteiger charge is -2.11. The summed E-state index contributed by atoms with van der Waals surface area (Å²) in [6.07, 6.45) is 1.60. The van der Waals surface area contributed by atoms with Crippen LogP contribution in [0.3, 0.4) is 0 Å². The van der Waals surface area contributed by atoms with Crippen LogP contribution in [0.15, 0.2) is 41.1 Å². The third kappa shape index (κ3) is 2.76. The lowest BCUT2D eigenvalue weighted by molar-refractivity contribution is 0.102. The SMILES string of the molecule is Cc1cccc(C)c1NC(=O)c1ccnc(Br)c1. The molecule has 0 saturated carbocycles. The minimum Gasteiger partial charge on any atom is -0.322 e. The summed E-state index contributed by atoms with van der Waals surface area (Å²) >= 11 is 3.25. The first kappa shape index (κ1) is 12.8. The summed E-state index contributed by atoms with van der Waals surface area (Å²) in [5.41, 5.74) is 3.56. The zero-order chi connectivity index (χ0) is 13.1. The summed E-state index contributed by atoms with van der Waals surface area (Å²) in [6, 6.07) is 9.32. The maximum Gasteiger partial charge on any atom is 0.255 e. The number of anilines is 1. The average molecular weight is 305 g/mol. The first-order chi connectivity index (χ1) is 8.58. The van der Waals surface area contributed by atoms with E-state index in [1.165, 1.54) is 0 Å². The number of aromatic nitrogens is 1. The van der Waals surface area contributed by atoms with E-state index < -0.39 is 0 Å². The zero-order valence-corrected chi connectivity index (χ0v) is 11.8. The van der Waals surface area contributed by atoms with Crippen LogP contribution in [0.4, 0.5) is 5.69 Å². The summed E-state index contributed by atoms with van der Waals surface area (Å²) in [7, 11) is 0. The molecule has 3 nitrogen and oxygen atoms in total. The molecule has 0 saturated heterocycles. The highest BCUT2D eigenvalue weighted by Crippen LogP contribution is 2.20. The number of benzene rings is 1. The smallest absolute Gasteiger partial charge is 0.255 e. The van der Waals surface area contributed by atoms with Crippen LogP contribution in [0.25, 0.3) is 0 Å². The quantitative estimate of drug-likeness (QED) is 0.859. The molecule has 0 spiro atoms. The van der Waals surface area contributed by atoms with E-state index in [0.717, 1.165) is 16.8 Å². The fraction of sp³-hybridized carbons (Fsp3) is 0.143. The molecule has 0 radical (unpaired) electrons. The molecule has 0 bridgehead atoms. The van der Waals surface area contributed by atoms with E-state index in [1.807, 2.05) is 32.0 Å². The number of amides is 1. The highest BCUT2D eigenvalue weighted by atomic mass is 79.9. The fourth-order valence-corrected chi connectivity index (χ4v) is 2.11. The largest absolute Gasteiger partial charge is 0.322 e. The first-order valence-electron chi connectivity index (χ1n) is 5.57. The molecule has 0 aliphatic carbocycles. The Morgan fingerprint density at radius 3 is 2.50 bits per heavy atom. The molecular formula is C14H13BrN2O. The minimum absolute atomic E-state index is 0.129. The van der Waals surface area contributed by atoms with Crippen molar-refractivity contribution in [3.63, 3.8) is 0 Å². The van der Waals surface area contributed by atoms with Gasteiger partial charge in [-0.2, -0.15) is 0 Å². The van der Waals surface area contributed by atoms with Crippen molar-refractivity contribution < 1.29 is 4.79 Å². The zero-order valence-electron chi connectivity index (χ0n) is 10.2. The molecule has 18 heavy (non-hydrogen) atoms. The van der Waals surface area contributed by atoms with Gasteiger partial charge in [0.25, 0.3) is 5.91 Å². The number of nitrogens with one attached hydrogen (secondary N) is 1. The van der Waals surface area contributed by atoms with Crippen molar-refractivity contribution >= 4 is 27.5 Å². The number of hydrogen-bond acceptors (Lipinski definition) is 2. The van der Waals surface area contributed by atoms with E-state index >= 15 is 0 Å². The number of rotatable bonds is 2. The Kier molecular flexibility index (Phi) is 3.77. The molecule has 1 heterocycles. The van der Waals surface area contributed by atoms with Crippen LogP contribution in [0, 0.1) is 13.8 Å². The molecule has 2 rings (SSSR count). The Balaban J connectivity index is 2.27. The van der Waals surface area contributed by atoms with Crippen LogP contribution in [-0.2, 0) is 0 Å². The molecule has 4 heteroatoms. The number of carbonyl (C=O) groups is 1. The number of carbonyl (C=O) groups excluding carboxylic acids is 1. The van der Waals surface area contributed by atoms with Crippen molar-refractivity contribution in [2.45, 2.75) is 13.8 Å². The molecular weight excluding hydrogens is 292 g/mol. The van der Waals surface area contributed by atoms with Crippen molar-refractivity contribution in [2.24, 2.45) is 0 Å². The van der Waals surface area contributed by atoms with Gasteiger partial charge in [-0.25, -0.2) is 4.98 Å². The predicted octanol–water partition coefficient (Wildman–Crippen LogP) is 3.71. The maximum absolute atomic E-state index is 12.1. The van der Waals surface area contributed by atoms with Gasteiger partial charge < -0.3 is 5.32 Å². The van der Waals surface area contributed by atoms with E-state index in [9.17, 15) is 4.79 Å². The number of halogens is 1. The Morgan fingerprint density at radius 1 is 1.22 bits per heavy atom. The van der Waals surface area contributed by atoms with Gasteiger partial charge in [-0.05, 0) is 53.0 Å². The van der Waals surface area contributed by atoms with Crippen LogP contribution in [0.2, 0.25) is 0 Å². The van der Waals surface area contributed by atoms with E-state index in [4.69, 9.17) is 0 Å². The Hall–Kier alpha value is -1.68. The van der Waals surface area contributed by atoms with Gasteiger partial charge in [0, 0.05) is 17.4 Å². The number of nitrogens with zero attached hydrogens (tertiary/aromatic N) is 1. The van der Waals surface area contributed by atoms with Gasteiger partial charge in [0.2, 0.25) is 0 Å². The summed E-state index contributed by atoms with van der Waals surface area (Å²) in [5, 5.41) is 2.93. The van der Waals surface area contributed by atoms with Gasteiger partial charge in [0.15, 0.2) is 0 Å². The Bertz CT molecular complexity index is 576. The molecule has 1 aromatic heterocycles. The van der Waals surface area contributed by atoms with E-state index in [-0.39, 0.29) is 5.91 Å². The first-order valence-corrected chi connectivity index (χ1v) is 6.36. The average Bonchev–Trinajstić information content (AvgIpc) is 2.34. The van der Waals surface area contributed by atoms with Crippen LogP contribution < -0.4 is 5.32 Å². The summed E-state index contributed by atoms with van der Waals surface area (Å²) in [5.74, 6) is -0.129. The third-order valence-corrected chi connectivity index (χ3v) is 3.14. The monoisotopic (exact) mass is 304 g/mol. The fourth-order valence-electron chi connectivity index (χ4n) is 1.74. The van der Waals surface area contributed by atoms with Gasteiger partial charge >= 0.3 is 0 Å². The maximum atomic E-state index is 12.1. The van der Waals surface area contributed by atoms with Crippen molar-refractivity contribution in [2.75, 3.05) is 5.32 Å².